The van der Waals surface area contributed by atoms with Crippen LogP contribution in [0, 0.1) is 0 Å². The van der Waals surface area contributed by atoms with Gasteiger partial charge in [-0.05, 0) is 34.7 Å². The zero-order valence-corrected chi connectivity index (χ0v) is 13.9. The third-order valence-corrected chi connectivity index (χ3v) is 4.21. The number of hydrogen-bond acceptors (Lipinski definition) is 1. The molecule has 3 aromatic rings. The first-order chi connectivity index (χ1) is 11.7. The normalized spacial score (nSPS) is 11.3. The van der Waals surface area contributed by atoms with Crippen LogP contribution in [0.25, 0.3) is 16.3 Å². The van der Waals surface area contributed by atoms with Crippen LogP contribution in [0.1, 0.15) is 5.56 Å². The van der Waals surface area contributed by atoms with Gasteiger partial charge in [-0.1, -0.05) is 79.9 Å². The Morgan fingerprint density at radius 1 is 0.917 bits per heavy atom. The van der Waals surface area contributed by atoms with Crippen molar-refractivity contribution >= 4 is 27.7 Å². The Morgan fingerprint density at radius 3 is 2.46 bits per heavy atom. The van der Waals surface area contributed by atoms with Crippen molar-refractivity contribution in [1.82, 2.24) is 0 Å². The first-order valence-corrected chi connectivity index (χ1v) is 8.01. The van der Waals surface area contributed by atoms with Crippen molar-refractivity contribution in [2.75, 3.05) is 11.9 Å². The minimum Gasteiger partial charge on any atom is -0.344 e. The summed E-state index contributed by atoms with van der Waals surface area (Å²) in [5, 5.41) is 2.50. The maximum absolute atomic E-state index is 3.90. The maximum atomic E-state index is 3.90. The highest BCUT2D eigenvalue weighted by Crippen LogP contribution is 2.32. The van der Waals surface area contributed by atoms with Crippen molar-refractivity contribution in [2.24, 2.45) is 0 Å². The van der Waals surface area contributed by atoms with Crippen molar-refractivity contribution in [2.45, 2.75) is 0 Å². The van der Waals surface area contributed by atoms with Crippen LogP contribution < -0.4 is 4.90 Å². The van der Waals surface area contributed by atoms with E-state index in [2.05, 4.69) is 91.8 Å². The molecule has 0 heterocycles. The third kappa shape index (κ3) is 3.02. The predicted molar refractivity (Wildman–Crippen MR) is 107 cm³/mol. The molecule has 0 amide bonds. The summed E-state index contributed by atoms with van der Waals surface area (Å²) in [7, 11) is 2.10. The SMILES string of the molecule is C=C/C=C(\C=C)c1cccc(N(C)c2cccc3ccccc23)c1. The van der Waals surface area contributed by atoms with Crippen molar-refractivity contribution in [3.63, 3.8) is 0 Å². The van der Waals surface area contributed by atoms with Gasteiger partial charge in [-0.15, -0.1) is 0 Å². The first kappa shape index (κ1) is 15.8. The molecule has 0 N–H and O–H groups in total. The molecule has 1 nitrogen and oxygen atoms in total. The molecule has 0 saturated heterocycles. The second-order valence-corrected chi connectivity index (χ2v) is 5.67. The quantitative estimate of drug-likeness (QED) is 0.495. The van der Waals surface area contributed by atoms with Crippen molar-refractivity contribution in [3.05, 3.63) is 104 Å². The highest BCUT2D eigenvalue weighted by molar-refractivity contribution is 5.96. The van der Waals surface area contributed by atoms with Crippen molar-refractivity contribution in [3.8, 4) is 0 Å². The van der Waals surface area contributed by atoms with Gasteiger partial charge in [0, 0.05) is 23.8 Å². The first-order valence-electron chi connectivity index (χ1n) is 8.01. The second kappa shape index (κ2) is 7.01. The molecule has 0 aliphatic rings. The smallest absolute Gasteiger partial charge is 0.0487 e. The van der Waals surface area contributed by atoms with Gasteiger partial charge in [0.1, 0.15) is 0 Å². The Labute approximate surface area is 143 Å². The summed E-state index contributed by atoms with van der Waals surface area (Å²) in [5.74, 6) is 0. The number of benzene rings is 3. The zero-order chi connectivity index (χ0) is 16.9. The Bertz CT molecular complexity index is 913. The number of allylic oxidation sites excluding steroid dienone is 4. The van der Waals surface area contributed by atoms with E-state index in [1.165, 1.54) is 16.5 Å². The molecule has 0 aromatic heterocycles. The number of nitrogens with zero attached hydrogens (tertiary/aromatic N) is 1. The van der Waals surface area contributed by atoms with Gasteiger partial charge < -0.3 is 4.90 Å². The van der Waals surface area contributed by atoms with Crippen LogP contribution >= 0.6 is 0 Å². The van der Waals surface area contributed by atoms with Gasteiger partial charge in [0.15, 0.2) is 0 Å². The summed E-state index contributed by atoms with van der Waals surface area (Å²) in [5.41, 5.74) is 4.53. The van der Waals surface area contributed by atoms with E-state index in [1.54, 1.807) is 6.08 Å². The largest absolute Gasteiger partial charge is 0.344 e. The highest BCUT2D eigenvalue weighted by Gasteiger charge is 2.09. The third-order valence-electron chi connectivity index (χ3n) is 4.21. The lowest BCUT2D eigenvalue weighted by Crippen LogP contribution is -2.10. The summed E-state index contributed by atoms with van der Waals surface area (Å²) in [6.07, 6.45) is 5.63. The van der Waals surface area contributed by atoms with Crippen LogP contribution in [0.3, 0.4) is 0 Å². The van der Waals surface area contributed by atoms with Gasteiger partial charge in [-0.3, -0.25) is 0 Å². The van der Waals surface area contributed by atoms with Crippen LogP contribution in [0.2, 0.25) is 0 Å². The molecule has 0 spiro atoms. The van der Waals surface area contributed by atoms with E-state index in [9.17, 15) is 0 Å². The maximum Gasteiger partial charge on any atom is 0.0487 e. The van der Waals surface area contributed by atoms with Gasteiger partial charge in [-0.2, -0.15) is 0 Å². The topological polar surface area (TPSA) is 3.24 Å². The zero-order valence-electron chi connectivity index (χ0n) is 13.9. The van der Waals surface area contributed by atoms with E-state index in [-0.39, 0.29) is 0 Å². The second-order valence-electron chi connectivity index (χ2n) is 5.67. The molecule has 0 unspecified atom stereocenters. The number of hydrogen-bond donors (Lipinski definition) is 0. The van der Waals surface area contributed by atoms with Gasteiger partial charge in [0.05, 0.1) is 0 Å². The van der Waals surface area contributed by atoms with Crippen LogP contribution in [-0.4, -0.2) is 7.05 Å². The van der Waals surface area contributed by atoms with E-state index in [0.717, 1.165) is 16.8 Å². The Balaban J connectivity index is 2.07. The average Bonchev–Trinajstić information content (AvgIpc) is 2.65. The highest BCUT2D eigenvalue weighted by atomic mass is 15.1. The van der Waals surface area contributed by atoms with Gasteiger partial charge in [0.2, 0.25) is 0 Å². The van der Waals surface area contributed by atoms with E-state index in [1.807, 2.05) is 12.2 Å². The van der Waals surface area contributed by atoms with Crippen LogP contribution in [0.4, 0.5) is 11.4 Å². The lowest BCUT2D eigenvalue weighted by Gasteiger charge is -2.22. The number of anilines is 2. The van der Waals surface area contributed by atoms with Gasteiger partial charge in [0.25, 0.3) is 0 Å². The molecular formula is C23H21N. The summed E-state index contributed by atoms with van der Waals surface area (Å²) >= 11 is 0. The van der Waals surface area contributed by atoms with Gasteiger partial charge >= 0.3 is 0 Å². The fourth-order valence-corrected chi connectivity index (χ4v) is 2.94. The van der Waals surface area contributed by atoms with Crippen molar-refractivity contribution in [1.29, 1.82) is 0 Å². The van der Waals surface area contributed by atoms with E-state index < -0.39 is 0 Å². The summed E-state index contributed by atoms with van der Waals surface area (Å²) in [6, 6.07) is 23.3. The molecule has 0 fully saturated rings. The molecule has 0 bridgehead atoms. The molecular weight excluding hydrogens is 290 g/mol. The molecule has 0 aliphatic carbocycles. The molecule has 1 heteroatoms. The predicted octanol–water partition coefficient (Wildman–Crippen LogP) is 6.36. The van der Waals surface area contributed by atoms with Gasteiger partial charge in [-0.25, -0.2) is 0 Å². The number of rotatable bonds is 5. The van der Waals surface area contributed by atoms with E-state index in [0.29, 0.717) is 0 Å². The fourth-order valence-electron chi connectivity index (χ4n) is 2.94. The standard InChI is InChI=1S/C23H21N/c1-4-10-18(5-2)20-13-8-14-21(17-20)24(3)23-16-9-12-19-11-6-7-15-22(19)23/h4-17H,1-2H2,3H3/b18-10+. The van der Waals surface area contributed by atoms with Crippen molar-refractivity contribution < 1.29 is 0 Å². The summed E-state index contributed by atoms with van der Waals surface area (Å²) < 4.78 is 0. The lowest BCUT2D eigenvalue weighted by molar-refractivity contribution is 1.22. The monoisotopic (exact) mass is 311 g/mol. The molecule has 3 rings (SSSR count). The van der Waals surface area contributed by atoms with Crippen LogP contribution in [0.15, 0.2) is 98.1 Å². The molecule has 0 saturated carbocycles. The Morgan fingerprint density at radius 2 is 1.67 bits per heavy atom. The molecule has 24 heavy (non-hydrogen) atoms. The molecule has 3 aromatic carbocycles. The lowest BCUT2D eigenvalue weighted by atomic mass is 10.0. The summed E-state index contributed by atoms with van der Waals surface area (Å²) in [4.78, 5) is 2.22. The Hall–Kier alpha value is -3.06. The fraction of sp³-hybridized carbons (Fsp3) is 0.0435. The van der Waals surface area contributed by atoms with E-state index >= 15 is 0 Å². The minimum atomic E-state index is 1.07. The minimum absolute atomic E-state index is 1.07. The van der Waals surface area contributed by atoms with Crippen LogP contribution in [-0.2, 0) is 0 Å². The molecule has 0 atom stereocenters. The molecule has 0 radical (unpaired) electrons. The molecule has 0 aliphatic heterocycles. The average molecular weight is 311 g/mol. The van der Waals surface area contributed by atoms with E-state index in [4.69, 9.17) is 0 Å². The summed E-state index contributed by atoms with van der Waals surface area (Å²) in [6.45, 7) is 7.68. The van der Waals surface area contributed by atoms with Crippen LogP contribution in [0.5, 0.6) is 0 Å². The Kier molecular flexibility index (Phi) is 4.62. The number of fused-ring (bicyclic) bond motifs is 1. The molecule has 118 valence electrons.